The largest absolute Gasteiger partial charge is 0.497 e. The summed E-state index contributed by atoms with van der Waals surface area (Å²) in [6.07, 6.45) is 0. The van der Waals surface area contributed by atoms with Gasteiger partial charge in [-0.25, -0.2) is 8.42 Å². The molecule has 3 aromatic rings. The van der Waals surface area contributed by atoms with E-state index in [-0.39, 0.29) is 18.0 Å². The Morgan fingerprint density at radius 2 is 1.60 bits per heavy atom. The number of benzene rings is 3. The van der Waals surface area contributed by atoms with Crippen molar-refractivity contribution in [2.75, 3.05) is 19.0 Å². The van der Waals surface area contributed by atoms with Gasteiger partial charge in [-0.3, -0.25) is 4.79 Å². The van der Waals surface area contributed by atoms with Crippen LogP contribution in [-0.2, 0) is 21.4 Å². The lowest BCUT2D eigenvalue weighted by Crippen LogP contribution is -2.37. The van der Waals surface area contributed by atoms with Gasteiger partial charge in [0.1, 0.15) is 5.75 Å². The molecule has 8 heteroatoms. The van der Waals surface area contributed by atoms with Crippen LogP contribution in [0.25, 0.3) is 0 Å². The molecule has 0 spiro atoms. The summed E-state index contributed by atoms with van der Waals surface area (Å²) in [5, 5.41) is 3.27. The molecule has 0 fully saturated rings. The second-order valence-corrected chi connectivity index (χ2v) is 8.86. The Morgan fingerprint density at radius 1 is 0.967 bits per heavy atom. The third-order valence-electron chi connectivity index (χ3n) is 4.35. The molecule has 0 aliphatic rings. The van der Waals surface area contributed by atoms with Crippen LogP contribution in [0.15, 0.2) is 83.8 Å². The lowest BCUT2D eigenvalue weighted by Gasteiger charge is -2.22. The van der Waals surface area contributed by atoms with Crippen LogP contribution >= 0.6 is 11.6 Å². The van der Waals surface area contributed by atoms with Crippen molar-refractivity contribution in [1.29, 1.82) is 0 Å². The summed E-state index contributed by atoms with van der Waals surface area (Å²) in [6.45, 7) is -0.309. The number of methoxy groups -OCH3 is 1. The second-order valence-electron chi connectivity index (χ2n) is 6.49. The van der Waals surface area contributed by atoms with Crippen LogP contribution < -0.4 is 10.1 Å². The number of hydrogen-bond acceptors (Lipinski definition) is 4. The Kier molecular flexibility index (Phi) is 7.10. The van der Waals surface area contributed by atoms with Gasteiger partial charge >= 0.3 is 0 Å². The number of carbonyl (C=O) groups is 1. The smallest absolute Gasteiger partial charge is 0.243 e. The lowest BCUT2D eigenvalue weighted by atomic mass is 10.2. The first-order valence-electron chi connectivity index (χ1n) is 9.12. The Hall–Kier alpha value is -2.87. The summed E-state index contributed by atoms with van der Waals surface area (Å²) < 4.78 is 32.6. The maximum absolute atomic E-state index is 13.2. The first-order valence-corrected chi connectivity index (χ1v) is 10.9. The summed E-state index contributed by atoms with van der Waals surface area (Å²) in [6, 6.07) is 21.7. The number of ether oxygens (including phenoxy) is 1. The number of amides is 1. The zero-order chi connectivity index (χ0) is 21.6. The standard InChI is InChI=1S/C22H21ClN2O4S/c1-29-20-13-11-19(12-14-20)24-22(26)16-25(15-17-7-9-18(23)10-8-17)30(27,28)21-5-3-2-4-6-21/h2-14H,15-16H2,1H3,(H,24,26). The summed E-state index contributed by atoms with van der Waals surface area (Å²) >= 11 is 5.93. The number of nitrogens with zero attached hydrogens (tertiary/aromatic N) is 1. The van der Waals surface area contributed by atoms with Crippen LogP contribution in [0.4, 0.5) is 5.69 Å². The predicted octanol–water partition coefficient (Wildman–Crippen LogP) is 4.18. The summed E-state index contributed by atoms with van der Waals surface area (Å²) in [5.41, 5.74) is 1.26. The van der Waals surface area contributed by atoms with Gasteiger partial charge in [0.2, 0.25) is 15.9 Å². The van der Waals surface area contributed by atoms with E-state index < -0.39 is 15.9 Å². The van der Waals surface area contributed by atoms with E-state index in [1.807, 2.05) is 0 Å². The van der Waals surface area contributed by atoms with Crippen molar-refractivity contribution in [3.05, 3.63) is 89.4 Å². The third kappa shape index (κ3) is 5.60. The van der Waals surface area contributed by atoms with Gasteiger partial charge in [-0.15, -0.1) is 0 Å². The highest BCUT2D eigenvalue weighted by Gasteiger charge is 2.26. The summed E-state index contributed by atoms with van der Waals surface area (Å²) in [4.78, 5) is 12.8. The molecule has 6 nitrogen and oxygen atoms in total. The van der Waals surface area contributed by atoms with Crippen molar-refractivity contribution < 1.29 is 17.9 Å². The van der Waals surface area contributed by atoms with E-state index in [1.54, 1.807) is 73.8 Å². The van der Waals surface area contributed by atoms with Crippen LogP contribution in [0.5, 0.6) is 5.75 Å². The lowest BCUT2D eigenvalue weighted by molar-refractivity contribution is -0.116. The second kappa shape index (κ2) is 9.75. The molecule has 0 radical (unpaired) electrons. The minimum absolute atomic E-state index is 0.0322. The van der Waals surface area contributed by atoms with Gasteiger partial charge in [-0.2, -0.15) is 4.31 Å². The molecule has 0 heterocycles. The van der Waals surface area contributed by atoms with E-state index in [2.05, 4.69) is 5.32 Å². The van der Waals surface area contributed by atoms with Crippen molar-refractivity contribution in [1.82, 2.24) is 4.31 Å². The number of rotatable bonds is 8. The van der Waals surface area contributed by atoms with E-state index >= 15 is 0 Å². The first kappa shape index (κ1) is 21.8. The van der Waals surface area contributed by atoms with Gasteiger partial charge in [0.05, 0.1) is 18.6 Å². The monoisotopic (exact) mass is 444 g/mol. The molecule has 0 aromatic heterocycles. The number of hydrogen-bond donors (Lipinski definition) is 1. The van der Waals surface area contributed by atoms with E-state index in [9.17, 15) is 13.2 Å². The zero-order valence-electron chi connectivity index (χ0n) is 16.3. The third-order valence-corrected chi connectivity index (χ3v) is 6.40. The average Bonchev–Trinajstić information content (AvgIpc) is 2.76. The maximum Gasteiger partial charge on any atom is 0.243 e. The average molecular weight is 445 g/mol. The highest BCUT2D eigenvalue weighted by molar-refractivity contribution is 7.89. The number of sulfonamides is 1. The molecule has 1 N–H and O–H groups in total. The number of nitrogens with one attached hydrogen (secondary N) is 1. The fourth-order valence-electron chi connectivity index (χ4n) is 2.80. The molecule has 1 amide bonds. The zero-order valence-corrected chi connectivity index (χ0v) is 17.9. The molecule has 0 atom stereocenters. The molecular formula is C22H21ClN2O4S. The minimum Gasteiger partial charge on any atom is -0.497 e. The van der Waals surface area contributed by atoms with E-state index in [1.165, 1.54) is 12.1 Å². The Morgan fingerprint density at radius 3 is 2.20 bits per heavy atom. The van der Waals surface area contributed by atoms with Crippen molar-refractivity contribution in [2.24, 2.45) is 0 Å². The van der Waals surface area contributed by atoms with Crippen molar-refractivity contribution in [3.8, 4) is 5.75 Å². The van der Waals surface area contributed by atoms with Crippen LogP contribution in [0.3, 0.4) is 0 Å². The number of halogens is 1. The molecular weight excluding hydrogens is 424 g/mol. The molecule has 0 aliphatic heterocycles. The minimum atomic E-state index is -3.89. The Balaban J connectivity index is 1.82. The highest BCUT2D eigenvalue weighted by atomic mass is 35.5. The van der Waals surface area contributed by atoms with Gasteiger partial charge in [0, 0.05) is 17.3 Å². The molecule has 30 heavy (non-hydrogen) atoms. The fraction of sp³-hybridized carbons (Fsp3) is 0.136. The summed E-state index contributed by atoms with van der Waals surface area (Å²) in [5.74, 6) is 0.206. The molecule has 0 saturated heterocycles. The summed E-state index contributed by atoms with van der Waals surface area (Å²) in [7, 11) is -2.34. The predicted molar refractivity (Wildman–Crippen MR) is 117 cm³/mol. The van der Waals surface area contributed by atoms with Crippen LogP contribution in [0.2, 0.25) is 5.02 Å². The Labute approximate surface area is 181 Å². The van der Waals surface area contributed by atoms with Crippen LogP contribution in [-0.4, -0.2) is 32.3 Å². The molecule has 0 unspecified atom stereocenters. The molecule has 156 valence electrons. The molecule has 0 bridgehead atoms. The fourth-order valence-corrected chi connectivity index (χ4v) is 4.33. The van der Waals surface area contributed by atoms with Crippen molar-refractivity contribution in [3.63, 3.8) is 0 Å². The van der Waals surface area contributed by atoms with E-state index in [4.69, 9.17) is 16.3 Å². The molecule has 3 rings (SSSR count). The van der Waals surface area contributed by atoms with Gasteiger partial charge in [-0.05, 0) is 54.1 Å². The number of carbonyl (C=O) groups excluding carboxylic acids is 1. The quantitative estimate of drug-likeness (QED) is 0.565. The number of anilines is 1. The van der Waals surface area contributed by atoms with Gasteiger partial charge in [0.15, 0.2) is 0 Å². The Bertz CT molecular complexity index is 1090. The highest BCUT2D eigenvalue weighted by Crippen LogP contribution is 2.20. The van der Waals surface area contributed by atoms with Crippen LogP contribution in [0, 0.1) is 0 Å². The van der Waals surface area contributed by atoms with Gasteiger partial charge in [-0.1, -0.05) is 41.9 Å². The van der Waals surface area contributed by atoms with E-state index in [0.29, 0.717) is 16.5 Å². The molecule has 0 saturated carbocycles. The topological polar surface area (TPSA) is 75.7 Å². The maximum atomic E-state index is 13.2. The van der Waals surface area contributed by atoms with Gasteiger partial charge in [0.25, 0.3) is 0 Å². The molecule has 0 aliphatic carbocycles. The van der Waals surface area contributed by atoms with Gasteiger partial charge < -0.3 is 10.1 Å². The molecule has 3 aromatic carbocycles. The van der Waals surface area contributed by atoms with Crippen molar-refractivity contribution >= 4 is 33.2 Å². The SMILES string of the molecule is COc1ccc(NC(=O)CN(Cc2ccc(Cl)cc2)S(=O)(=O)c2ccccc2)cc1. The first-order chi connectivity index (χ1) is 14.4. The van der Waals surface area contributed by atoms with Crippen LogP contribution in [0.1, 0.15) is 5.56 Å². The van der Waals surface area contributed by atoms with E-state index in [0.717, 1.165) is 9.87 Å². The van der Waals surface area contributed by atoms with Crippen molar-refractivity contribution in [2.45, 2.75) is 11.4 Å². The normalized spacial score (nSPS) is 11.3.